The molecule has 1 aromatic heterocycles. The van der Waals surface area contributed by atoms with Crippen molar-refractivity contribution in [2.75, 3.05) is 7.11 Å². The fourth-order valence-electron chi connectivity index (χ4n) is 2.53. The largest absolute Gasteiger partial charge is 0.504 e. The quantitative estimate of drug-likeness (QED) is 0.881. The Morgan fingerprint density at radius 3 is 3.05 bits per heavy atom. The molecule has 1 aromatic carbocycles. The van der Waals surface area contributed by atoms with Crippen LogP contribution in [0.15, 0.2) is 23.2 Å². The Morgan fingerprint density at radius 2 is 2.29 bits per heavy atom. The number of nitriles is 1. The number of aromatic hydroxyl groups is 1. The standard InChI is InChI=1S/C16H14N2O2S/c1-20-13-6-2-4-10(15(13)19)9-18-16-12(8-17)11-5-3-7-14(11)21-16/h2,4,6,9,19H,3,5,7H2,1H3/b18-9+. The number of rotatable bonds is 3. The highest BCUT2D eigenvalue weighted by Crippen LogP contribution is 2.40. The molecule has 0 atom stereocenters. The minimum absolute atomic E-state index is 0.0614. The molecular weight excluding hydrogens is 284 g/mol. The topological polar surface area (TPSA) is 65.6 Å². The van der Waals surface area contributed by atoms with Crippen molar-refractivity contribution in [1.82, 2.24) is 0 Å². The maximum absolute atomic E-state index is 10.0. The smallest absolute Gasteiger partial charge is 0.166 e. The second-order valence-electron chi connectivity index (χ2n) is 4.81. The molecule has 0 saturated heterocycles. The molecule has 0 saturated carbocycles. The van der Waals surface area contributed by atoms with E-state index in [0.29, 0.717) is 16.9 Å². The number of phenolic OH excluding ortho intramolecular Hbond substituents is 1. The number of para-hydroxylation sites is 1. The van der Waals surface area contributed by atoms with Gasteiger partial charge in [0.05, 0.1) is 12.7 Å². The molecule has 0 spiro atoms. The Labute approximate surface area is 127 Å². The van der Waals surface area contributed by atoms with Gasteiger partial charge >= 0.3 is 0 Å². The first-order valence-corrected chi connectivity index (χ1v) is 7.51. The number of methoxy groups -OCH3 is 1. The minimum Gasteiger partial charge on any atom is -0.504 e. The molecule has 5 heteroatoms. The van der Waals surface area contributed by atoms with Crippen molar-refractivity contribution in [2.45, 2.75) is 19.3 Å². The van der Waals surface area contributed by atoms with Crippen LogP contribution < -0.4 is 4.74 Å². The van der Waals surface area contributed by atoms with E-state index in [1.165, 1.54) is 12.0 Å². The van der Waals surface area contributed by atoms with E-state index in [1.807, 2.05) is 0 Å². The first-order valence-electron chi connectivity index (χ1n) is 6.69. The fourth-order valence-corrected chi connectivity index (χ4v) is 3.72. The molecule has 0 radical (unpaired) electrons. The zero-order valence-corrected chi connectivity index (χ0v) is 12.4. The van der Waals surface area contributed by atoms with Crippen LogP contribution in [0.25, 0.3) is 0 Å². The van der Waals surface area contributed by atoms with Crippen LogP contribution in [0.2, 0.25) is 0 Å². The van der Waals surface area contributed by atoms with Crippen LogP contribution >= 0.6 is 11.3 Å². The summed E-state index contributed by atoms with van der Waals surface area (Å²) in [6, 6.07) is 7.50. The second kappa shape index (κ2) is 5.58. The van der Waals surface area contributed by atoms with Crippen molar-refractivity contribution < 1.29 is 9.84 Å². The maximum Gasteiger partial charge on any atom is 0.166 e. The number of hydrogen-bond donors (Lipinski definition) is 1. The molecule has 1 aliphatic carbocycles. The number of thiophene rings is 1. The Bertz CT molecular complexity index is 756. The number of ether oxygens (including phenoxy) is 1. The fraction of sp³-hybridized carbons (Fsp3) is 0.250. The van der Waals surface area contributed by atoms with Crippen molar-refractivity contribution >= 4 is 22.6 Å². The summed E-state index contributed by atoms with van der Waals surface area (Å²) in [5, 5.41) is 20.1. The molecule has 0 fully saturated rings. The van der Waals surface area contributed by atoms with Gasteiger partial charge in [-0.25, -0.2) is 4.99 Å². The predicted molar refractivity (Wildman–Crippen MR) is 83.0 cm³/mol. The van der Waals surface area contributed by atoms with E-state index in [2.05, 4.69) is 11.1 Å². The molecule has 1 aliphatic rings. The molecule has 2 aromatic rings. The van der Waals surface area contributed by atoms with Crippen molar-refractivity contribution in [3.8, 4) is 17.6 Å². The molecule has 0 aliphatic heterocycles. The number of benzene rings is 1. The van der Waals surface area contributed by atoms with E-state index < -0.39 is 0 Å². The second-order valence-corrected chi connectivity index (χ2v) is 5.89. The van der Waals surface area contributed by atoms with Gasteiger partial charge in [-0.1, -0.05) is 6.07 Å². The molecule has 106 valence electrons. The molecule has 0 unspecified atom stereocenters. The monoisotopic (exact) mass is 298 g/mol. The Hall–Kier alpha value is -2.32. The third-order valence-corrected chi connectivity index (χ3v) is 4.79. The van der Waals surface area contributed by atoms with E-state index in [1.54, 1.807) is 35.8 Å². The van der Waals surface area contributed by atoms with Gasteiger partial charge in [0.1, 0.15) is 11.1 Å². The van der Waals surface area contributed by atoms with Gasteiger partial charge in [-0.3, -0.25) is 0 Å². The first kappa shape index (κ1) is 13.7. The van der Waals surface area contributed by atoms with Crippen LogP contribution in [0.5, 0.6) is 11.5 Å². The summed E-state index contributed by atoms with van der Waals surface area (Å²) in [6.45, 7) is 0. The van der Waals surface area contributed by atoms with Crippen LogP contribution in [0.3, 0.4) is 0 Å². The highest BCUT2D eigenvalue weighted by molar-refractivity contribution is 7.16. The van der Waals surface area contributed by atoms with Gasteiger partial charge in [-0.2, -0.15) is 5.26 Å². The summed E-state index contributed by atoms with van der Waals surface area (Å²) in [7, 11) is 1.51. The summed E-state index contributed by atoms with van der Waals surface area (Å²) in [6.07, 6.45) is 4.71. The third kappa shape index (κ3) is 2.39. The van der Waals surface area contributed by atoms with Crippen LogP contribution in [-0.4, -0.2) is 18.4 Å². The number of fused-ring (bicyclic) bond motifs is 1. The molecule has 0 bridgehead atoms. The number of phenols is 1. The number of hydrogen-bond acceptors (Lipinski definition) is 5. The highest BCUT2D eigenvalue weighted by atomic mass is 32.1. The zero-order chi connectivity index (χ0) is 14.8. The number of aryl methyl sites for hydroxylation is 1. The number of nitrogens with zero attached hydrogens (tertiary/aromatic N) is 2. The summed E-state index contributed by atoms with van der Waals surface area (Å²) in [4.78, 5) is 5.67. The van der Waals surface area contributed by atoms with Crippen LogP contribution in [0.1, 0.15) is 28.0 Å². The highest BCUT2D eigenvalue weighted by Gasteiger charge is 2.21. The normalized spacial score (nSPS) is 13.3. The van der Waals surface area contributed by atoms with Crippen molar-refractivity contribution in [3.63, 3.8) is 0 Å². The Kier molecular flexibility index (Phi) is 3.63. The summed E-state index contributed by atoms with van der Waals surface area (Å²) in [5.41, 5.74) is 2.42. The van der Waals surface area contributed by atoms with Gasteiger partial charge in [-0.05, 0) is 37.0 Å². The average molecular weight is 298 g/mol. The van der Waals surface area contributed by atoms with Crippen molar-refractivity contribution in [2.24, 2.45) is 4.99 Å². The van der Waals surface area contributed by atoms with E-state index in [9.17, 15) is 10.4 Å². The molecule has 4 nitrogen and oxygen atoms in total. The SMILES string of the molecule is COc1cccc(/C=N/c2sc3c(c2C#N)CCC3)c1O. The van der Waals surface area contributed by atoms with E-state index >= 15 is 0 Å². The van der Waals surface area contributed by atoms with E-state index in [-0.39, 0.29) is 5.75 Å². The molecule has 1 N–H and O–H groups in total. The average Bonchev–Trinajstić information content (AvgIpc) is 3.06. The molecule has 0 amide bonds. The molecule has 3 rings (SSSR count). The lowest BCUT2D eigenvalue weighted by atomic mass is 10.1. The minimum atomic E-state index is 0.0614. The molecule has 21 heavy (non-hydrogen) atoms. The van der Waals surface area contributed by atoms with Crippen LogP contribution in [0, 0.1) is 11.3 Å². The van der Waals surface area contributed by atoms with Crippen LogP contribution in [-0.2, 0) is 12.8 Å². The van der Waals surface area contributed by atoms with Gasteiger partial charge in [0.25, 0.3) is 0 Å². The van der Waals surface area contributed by atoms with Gasteiger partial charge in [0.2, 0.25) is 0 Å². The summed E-state index contributed by atoms with van der Waals surface area (Å²) < 4.78 is 5.07. The summed E-state index contributed by atoms with van der Waals surface area (Å²) in [5.74, 6) is 0.472. The zero-order valence-electron chi connectivity index (χ0n) is 11.6. The van der Waals surface area contributed by atoms with Gasteiger partial charge in [0.15, 0.2) is 11.5 Å². The van der Waals surface area contributed by atoms with Crippen molar-refractivity contribution in [1.29, 1.82) is 5.26 Å². The summed E-state index contributed by atoms with van der Waals surface area (Å²) >= 11 is 1.57. The van der Waals surface area contributed by atoms with Gasteiger partial charge in [-0.15, -0.1) is 11.3 Å². The van der Waals surface area contributed by atoms with E-state index in [0.717, 1.165) is 29.8 Å². The van der Waals surface area contributed by atoms with Crippen molar-refractivity contribution in [3.05, 3.63) is 39.8 Å². The molecule has 1 heterocycles. The van der Waals surface area contributed by atoms with Crippen LogP contribution in [0.4, 0.5) is 5.00 Å². The molecular formula is C16H14N2O2S. The van der Waals surface area contributed by atoms with Gasteiger partial charge in [0, 0.05) is 16.7 Å². The Morgan fingerprint density at radius 1 is 1.43 bits per heavy atom. The lowest BCUT2D eigenvalue weighted by Crippen LogP contribution is -1.88. The lowest BCUT2D eigenvalue weighted by Gasteiger charge is -2.04. The van der Waals surface area contributed by atoms with Gasteiger partial charge < -0.3 is 9.84 Å². The lowest BCUT2D eigenvalue weighted by molar-refractivity contribution is 0.373. The van der Waals surface area contributed by atoms with E-state index in [4.69, 9.17) is 4.74 Å². The predicted octanol–water partition coefficient (Wildman–Crippen LogP) is 3.57. The number of aliphatic imine (C=N–C) groups is 1. The third-order valence-electron chi connectivity index (χ3n) is 3.59. The first-order chi connectivity index (χ1) is 10.2. The Balaban J connectivity index is 1.96. The maximum atomic E-state index is 10.0.